The molecule has 0 fully saturated rings. The smallest absolute Gasteiger partial charge is 0.319 e. The van der Waals surface area contributed by atoms with Gasteiger partial charge in [-0.3, -0.25) is 14.2 Å². The van der Waals surface area contributed by atoms with Gasteiger partial charge in [0.15, 0.2) is 0 Å². The molecule has 4 rings (SSSR count). The topological polar surface area (TPSA) is 98.0 Å². The number of rotatable bonds is 4. The first kappa shape index (κ1) is 22.7. The highest BCUT2D eigenvalue weighted by Crippen LogP contribution is 2.28. The maximum atomic E-state index is 13.3. The maximum absolute atomic E-state index is 13.3. The molecule has 0 bridgehead atoms. The summed E-state index contributed by atoms with van der Waals surface area (Å²) < 4.78 is 2.93. The third-order valence-corrected chi connectivity index (χ3v) is 5.79. The predicted octanol–water partition coefficient (Wildman–Crippen LogP) is 3.84. The van der Waals surface area contributed by atoms with E-state index in [0.29, 0.717) is 16.6 Å². The molecule has 34 heavy (non-hydrogen) atoms. The normalized spacial score (nSPS) is 10.8. The lowest BCUT2D eigenvalue weighted by Gasteiger charge is -2.15. The van der Waals surface area contributed by atoms with Crippen molar-refractivity contribution in [2.75, 3.05) is 12.4 Å². The first-order valence-corrected chi connectivity index (χ1v) is 10.7. The Kier molecular flexibility index (Phi) is 5.89. The van der Waals surface area contributed by atoms with Gasteiger partial charge in [0.05, 0.1) is 16.6 Å². The Bertz CT molecular complexity index is 1580. The van der Waals surface area contributed by atoms with Gasteiger partial charge in [0.2, 0.25) is 0 Å². The van der Waals surface area contributed by atoms with Crippen LogP contribution in [-0.4, -0.2) is 27.2 Å². The molecule has 0 aliphatic rings. The lowest BCUT2D eigenvalue weighted by Crippen LogP contribution is -2.29. The first-order valence-electron chi connectivity index (χ1n) is 10.7. The van der Waals surface area contributed by atoms with Crippen molar-refractivity contribution in [1.82, 2.24) is 19.4 Å². The minimum absolute atomic E-state index is 0.155. The number of nitrogens with zero attached hydrogens (tertiary/aromatic N) is 3. The van der Waals surface area contributed by atoms with E-state index in [1.807, 2.05) is 44.2 Å². The second kappa shape index (κ2) is 8.82. The number of carbonyl (C=O) groups excluding carboxylic acids is 1. The average molecular weight is 456 g/mol. The van der Waals surface area contributed by atoms with Gasteiger partial charge in [-0.15, -0.1) is 0 Å². The van der Waals surface area contributed by atoms with Crippen LogP contribution < -0.4 is 21.8 Å². The van der Waals surface area contributed by atoms with Gasteiger partial charge in [-0.25, -0.2) is 9.78 Å². The quantitative estimate of drug-likeness (QED) is 0.488. The lowest BCUT2D eigenvalue weighted by atomic mass is 10.00. The van der Waals surface area contributed by atoms with Crippen molar-refractivity contribution in [1.29, 1.82) is 0 Å². The fourth-order valence-electron chi connectivity index (χ4n) is 3.89. The zero-order valence-electron chi connectivity index (χ0n) is 19.5. The van der Waals surface area contributed by atoms with Crippen LogP contribution in [0.4, 0.5) is 10.5 Å². The van der Waals surface area contributed by atoms with Crippen LogP contribution in [0, 0.1) is 6.92 Å². The van der Waals surface area contributed by atoms with Gasteiger partial charge in [-0.1, -0.05) is 30.4 Å². The highest BCUT2D eigenvalue weighted by molar-refractivity contribution is 5.90. The van der Waals surface area contributed by atoms with E-state index in [1.54, 1.807) is 25.4 Å². The van der Waals surface area contributed by atoms with Crippen molar-refractivity contribution >= 4 is 28.2 Å². The maximum Gasteiger partial charge on any atom is 0.319 e. The second-order valence-electron chi connectivity index (χ2n) is 8.14. The molecule has 0 saturated heterocycles. The van der Waals surface area contributed by atoms with E-state index >= 15 is 0 Å². The monoisotopic (exact) mass is 455 g/mol. The summed E-state index contributed by atoms with van der Waals surface area (Å²) in [6.07, 6.45) is 3.22. The summed E-state index contributed by atoms with van der Waals surface area (Å²) in [6, 6.07) is 12.2. The average Bonchev–Trinajstić information content (AvgIpc) is 2.82. The zero-order valence-corrected chi connectivity index (χ0v) is 19.5. The number of aryl methyl sites for hydroxylation is 1. The molecule has 2 aromatic carbocycles. The van der Waals surface area contributed by atoms with Crippen LogP contribution >= 0.6 is 0 Å². The lowest BCUT2D eigenvalue weighted by molar-refractivity contribution is 0.254. The molecular weight excluding hydrogens is 430 g/mol. The number of nitrogens with one attached hydrogen (secondary N) is 2. The number of amides is 2. The summed E-state index contributed by atoms with van der Waals surface area (Å²) in [5, 5.41) is 5.52. The Labute approximate surface area is 196 Å². The van der Waals surface area contributed by atoms with Gasteiger partial charge < -0.3 is 15.2 Å². The van der Waals surface area contributed by atoms with Crippen LogP contribution in [0.1, 0.15) is 18.1 Å². The molecule has 0 atom stereocenters. The number of urea groups is 1. The van der Waals surface area contributed by atoms with Crippen molar-refractivity contribution in [3.63, 3.8) is 0 Å². The van der Waals surface area contributed by atoms with Crippen molar-refractivity contribution in [3.8, 4) is 16.8 Å². The van der Waals surface area contributed by atoms with Crippen LogP contribution in [0.25, 0.3) is 33.3 Å². The molecule has 8 heteroatoms. The number of anilines is 1. The fraction of sp³-hybridized carbons (Fsp3) is 0.154. The summed E-state index contributed by atoms with van der Waals surface area (Å²) in [5.41, 5.74) is 5.14. The number of aromatic nitrogens is 3. The Hall–Kier alpha value is -4.46. The van der Waals surface area contributed by atoms with Gasteiger partial charge in [-0.05, 0) is 54.8 Å². The third kappa shape index (κ3) is 4.01. The van der Waals surface area contributed by atoms with Crippen molar-refractivity contribution in [2.24, 2.45) is 7.05 Å². The van der Waals surface area contributed by atoms with Gasteiger partial charge in [-0.2, -0.15) is 0 Å². The number of benzene rings is 2. The van der Waals surface area contributed by atoms with Gasteiger partial charge in [0.25, 0.3) is 11.1 Å². The van der Waals surface area contributed by atoms with Crippen molar-refractivity contribution in [3.05, 3.63) is 93.4 Å². The molecule has 0 radical (unpaired) electrons. The molecule has 8 nitrogen and oxygen atoms in total. The number of carbonyl (C=O) groups is 1. The predicted molar refractivity (Wildman–Crippen MR) is 136 cm³/mol. The Morgan fingerprint density at radius 3 is 2.56 bits per heavy atom. The minimum Gasteiger partial charge on any atom is -0.341 e. The van der Waals surface area contributed by atoms with Crippen LogP contribution in [0.5, 0.6) is 0 Å². The molecule has 0 unspecified atom stereocenters. The SMILES string of the molecule is C=C(C)c1ccc2c(=O)n(-c3cccc(-c4cc(NC(=O)NC)c(=O)n(C)c4)c3C)cnc2c1. The number of pyridine rings is 1. The summed E-state index contributed by atoms with van der Waals surface area (Å²) >= 11 is 0. The molecule has 172 valence electrons. The van der Waals surface area contributed by atoms with Crippen molar-refractivity contribution in [2.45, 2.75) is 13.8 Å². The number of fused-ring (bicyclic) bond motifs is 1. The molecule has 0 aliphatic heterocycles. The standard InChI is InChI=1S/C26H25N5O3/c1-15(2)17-9-10-20-21(11-17)28-14-31(24(20)32)23-8-6-7-19(16(23)3)18-12-22(29-26(34)27-4)25(33)30(5)13-18/h6-14H,1H2,2-5H3,(H2,27,29,34). The van der Waals surface area contributed by atoms with Crippen molar-refractivity contribution < 1.29 is 4.79 Å². The summed E-state index contributed by atoms with van der Waals surface area (Å²) in [5.74, 6) is 0. The molecular formula is C26H25N5O3. The molecule has 2 aromatic heterocycles. The highest BCUT2D eigenvalue weighted by atomic mass is 16.2. The van der Waals surface area contributed by atoms with E-state index in [-0.39, 0.29) is 16.8 Å². The van der Waals surface area contributed by atoms with E-state index in [2.05, 4.69) is 22.2 Å². The van der Waals surface area contributed by atoms with Gasteiger partial charge >= 0.3 is 6.03 Å². The second-order valence-corrected chi connectivity index (χ2v) is 8.14. The largest absolute Gasteiger partial charge is 0.341 e. The summed E-state index contributed by atoms with van der Waals surface area (Å²) in [4.78, 5) is 42.1. The number of hydrogen-bond acceptors (Lipinski definition) is 4. The molecule has 0 spiro atoms. The Balaban J connectivity index is 1.86. The van der Waals surface area contributed by atoms with E-state index in [1.165, 1.54) is 22.5 Å². The van der Waals surface area contributed by atoms with E-state index in [4.69, 9.17) is 0 Å². The van der Waals surface area contributed by atoms with Crippen LogP contribution in [-0.2, 0) is 7.05 Å². The highest BCUT2D eigenvalue weighted by Gasteiger charge is 2.14. The summed E-state index contributed by atoms with van der Waals surface area (Å²) in [7, 11) is 3.10. The van der Waals surface area contributed by atoms with Gasteiger partial charge in [0.1, 0.15) is 12.0 Å². The van der Waals surface area contributed by atoms with Crippen LogP contribution in [0.2, 0.25) is 0 Å². The molecule has 0 saturated carbocycles. The zero-order chi connectivity index (χ0) is 24.6. The number of allylic oxidation sites excluding steroid dienone is 1. The van der Waals surface area contributed by atoms with E-state index < -0.39 is 6.03 Å². The third-order valence-electron chi connectivity index (χ3n) is 5.79. The fourth-order valence-corrected chi connectivity index (χ4v) is 3.89. The molecule has 4 aromatic rings. The Morgan fingerprint density at radius 1 is 1.09 bits per heavy atom. The van der Waals surface area contributed by atoms with Crippen LogP contribution in [0.15, 0.2) is 71.2 Å². The molecule has 2 heterocycles. The van der Waals surface area contributed by atoms with E-state index in [9.17, 15) is 14.4 Å². The summed E-state index contributed by atoms with van der Waals surface area (Å²) in [6.45, 7) is 7.76. The van der Waals surface area contributed by atoms with Gasteiger partial charge in [0, 0.05) is 25.9 Å². The molecule has 0 aliphatic carbocycles. The molecule has 2 amide bonds. The Morgan fingerprint density at radius 2 is 1.85 bits per heavy atom. The van der Waals surface area contributed by atoms with E-state index in [0.717, 1.165) is 27.8 Å². The number of hydrogen-bond donors (Lipinski definition) is 2. The molecule has 2 N–H and O–H groups in total. The first-order chi connectivity index (χ1) is 16.2. The minimum atomic E-state index is -0.483. The van der Waals surface area contributed by atoms with Crippen LogP contribution in [0.3, 0.4) is 0 Å².